The van der Waals surface area contributed by atoms with E-state index < -0.39 is 0 Å². The minimum Gasteiger partial charge on any atom is -0.368 e. The molecule has 0 radical (unpaired) electrons. The van der Waals surface area contributed by atoms with Crippen molar-refractivity contribution in [3.8, 4) is 0 Å². The van der Waals surface area contributed by atoms with Gasteiger partial charge in [-0.15, -0.1) is 0 Å². The summed E-state index contributed by atoms with van der Waals surface area (Å²) in [6.07, 6.45) is 3.52. The summed E-state index contributed by atoms with van der Waals surface area (Å²) in [5.74, 6) is 0.181. The number of hydrogen-bond donors (Lipinski definition) is 1. The zero-order valence-corrected chi connectivity index (χ0v) is 15.1. The minimum atomic E-state index is -0.0163. The van der Waals surface area contributed by atoms with Gasteiger partial charge in [-0.2, -0.15) is 0 Å². The number of nitrogen functional groups attached to an aromatic ring is 1. The molecule has 1 fully saturated rings. The van der Waals surface area contributed by atoms with E-state index in [0.29, 0.717) is 11.3 Å². The first-order valence-corrected chi connectivity index (χ1v) is 8.59. The van der Waals surface area contributed by atoms with E-state index in [0.717, 1.165) is 25.9 Å². The van der Waals surface area contributed by atoms with Crippen LogP contribution in [0, 0.1) is 6.92 Å². The maximum Gasteiger partial charge on any atom is 0.257 e. The summed E-state index contributed by atoms with van der Waals surface area (Å²) in [7, 11) is 4.12. The number of nitrogens with two attached hydrogens (primary N) is 1. The Labute approximate surface area is 148 Å². The van der Waals surface area contributed by atoms with Crippen LogP contribution < -0.4 is 5.73 Å². The highest BCUT2D eigenvalue weighted by molar-refractivity contribution is 5.95. The van der Waals surface area contributed by atoms with Gasteiger partial charge in [0.1, 0.15) is 0 Å². The van der Waals surface area contributed by atoms with Crippen LogP contribution in [-0.2, 0) is 6.54 Å². The van der Waals surface area contributed by atoms with Gasteiger partial charge in [0.2, 0.25) is 5.95 Å². The maximum atomic E-state index is 13.0. The van der Waals surface area contributed by atoms with Gasteiger partial charge in [-0.05, 0) is 45.0 Å². The summed E-state index contributed by atoms with van der Waals surface area (Å²) in [5, 5.41) is 0. The normalized spacial score (nSPS) is 17.3. The lowest BCUT2D eigenvalue weighted by Gasteiger charge is -2.26. The van der Waals surface area contributed by atoms with E-state index in [-0.39, 0.29) is 17.9 Å². The fraction of sp³-hybridized carbons (Fsp3) is 0.421. The number of nitrogens with zero attached hydrogens (tertiary/aromatic N) is 4. The molecule has 1 atom stereocenters. The molecule has 0 spiro atoms. The molecular weight excluding hydrogens is 314 g/mol. The molecule has 1 saturated heterocycles. The van der Waals surface area contributed by atoms with Crippen LogP contribution in [-0.4, -0.2) is 46.3 Å². The summed E-state index contributed by atoms with van der Waals surface area (Å²) in [5.41, 5.74) is 9.21. The Morgan fingerprint density at radius 2 is 2.04 bits per heavy atom. The molecule has 3 rings (SSSR count). The summed E-state index contributed by atoms with van der Waals surface area (Å²) in [4.78, 5) is 25.2. The lowest BCUT2D eigenvalue weighted by molar-refractivity contribution is 0.0734. The first kappa shape index (κ1) is 17.4. The molecule has 1 aliphatic heterocycles. The molecule has 1 aromatic carbocycles. The van der Waals surface area contributed by atoms with Crippen LogP contribution in [0.1, 0.15) is 46.1 Å². The van der Waals surface area contributed by atoms with Crippen LogP contribution >= 0.6 is 0 Å². The molecule has 1 aliphatic rings. The van der Waals surface area contributed by atoms with Crippen LogP contribution in [0.15, 0.2) is 30.5 Å². The van der Waals surface area contributed by atoms with Crippen molar-refractivity contribution >= 4 is 11.9 Å². The molecule has 2 aromatic rings. The number of likely N-dealkylation sites (tertiary alicyclic amines) is 1. The number of anilines is 1. The van der Waals surface area contributed by atoms with E-state index in [4.69, 9.17) is 5.73 Å². The number of aryl methyl sites for hydroxylation is 1. The number of aromatic nitrogens is 2. The lowest BCUT2D eigenvalue weighted by atomic mass is 10.0. The molecule has 0 aliphatic carbocycles. The van der Waals surface area contributed by atoms with Gasteiger partial charge >= 0.3 is 0 Å². The highest BCUT2D eigenvalue weighted by Gasteiger charge is 2.31. The van der Waals surface area contributed by atoms with Crippen molar-refractivity contribution in [2.45, 2.75) is 32.4 Å². The Morgan fingerprint density at radius 1 is 1.32 bits per heavy atom. The van der Waals surface area contributed by atoms with Crippen LogP contribution in [0.4, 0.5) is 5.95 Å². The minimum absolute atomic E-state index is 0.0163. The monoisotopic (exact) mass is 339 g/mol. The Bertz CT molecular complexity index is 757. The highest BCUT2D eigenvalue weighted by atomic mass is 16.2. The second-order valence-corrected chi connectivity index (χ2v) is 6.86. The zero-order valence-electron chi connectivity index (χ0n) is 15.1. The summed E-state index contributed by atoms with van der Waals surface area (Å²) >= 11 is 0. The molecule has 25 heavy (non-hydrogen) atoms. The molecule has 1 amide bonds. The molecule has 0 unspecified atom stereocenters. The van der Waals surface area contributed by atoms with Crippen molar-refractivity contribution in [3.05, 3.63) is 52.8 Å². The standard InChI is InChI=1S/C19H25N5O/c1-13-16(11-21-19(20)22-13)18(25)24-10-4-5-17(24)15-8-6-14(7-9-15)12-23(2)3/h6-9,11,17H,4-5,10,12H2,1-3H3,(H2,20,21,22)/t17-/m1/s1. The number of hydrogen-bond acceptors (Lipinski definition) is 5. The quantitative estimate of drug-likeness (QED) is 0.926. The molecule has 2 heterocycles. The number of carbonyl (C=O) groups excluding carboxylic acids is 1. The van der Waals surface area contributed by atoms with Gasteiger partial charge in [0.05, 0.1) is 17.3 Å². The molecule has 2 N–H and O–H groups in total. The summed E-state index contributed by atoms with van der Waals surface area (Å²) < 4.78 is 0. The fourth-order valence-electron chi connectivity index (χ4n) is 3.42. The number of carbonyl (C=O) groups is 1. The maximum absolute atomic E-state index is 13.0. The third-order valence-electron chi connectivity index (χ3n) is 4.61. The Morgan fingerprint density at radius 3 is 2.68 bits per heavy atom. The van der Waals surface area contributed by atoms with Crippen molar-refractivity contribution in [1.29, 1.82) is 0 Å². The lowest BCUT2D eigenvalue weighted by Crippen LogP contribution is -2.31. The Balaban J connectivity index is 1.81. The first-order valence-electron chi connectivity index (χ1n) is 8.59. The number of benzene rings is 1. The van der Waals surface area contributed by atoms with Crippen LogP contribution in [0.5, 0.6) is 0 Å². The Hall–Kier alpha value is -2.47. The van der Waals surface area contributed by atoms with Gasteiger partial charge in [-0.25, -0.2) is 9.97 Å². The molecule has 6 nitrogen and oxygen atoms in total. The van der Waals surface area contributed by atoms with Gasteiger partial charge in [-0.1, -0.05) is 24.3 Å². The van der Waals surface area contributed by atoms with Crippen molar-refractivity contribution in [2.75, 3.05) is 26.4 Å². The molecule has 6 heteroatoms. The molecule has 0 saturated carbocycles. The third-order valence-corrected chi connectivity index (χ3v) is 4.61. The molecule has 1 aromatic heterocycles. The predicted molar refractivity (Wildman–Crippen MR) is 98.0 cm³/mol. The van der Waals surface area contributed by atoms with Crippen molar-refractivity contribution in [2.24, 2.45) is 0 Å². The van der Waals surface area contributed by atoms with E-state index >= 15 is 0 Å². The van der Waals surface area contributed by atoms with E-state index in [1.54, 1.807) is 6.92 Å². The summed E-state index contributed by atoms with van der Waals surface area (Å²) in [6.45, 7) is 3.47. The smallest absolute Gasteiger partial charge is 0.257 e. The number of amides is 1. The van der Waals surface area contributed by atoms with Crippen LogP contribution in [0.3, 0.4) is 0 Å². The SMILES string of the molecule is Cc1nc(N)ncc1C(=O)N1CCC[C@@H]1c1ccc(CN(C)C)cc1. The van der Waals surface area contributed by atoms with E-state index in [1.807, 2.05) is 4.90 Å². The Kier molecular flexibility index (Phi) is 4.99. The van der Waals surface area contributed by atoms with Gasteiger partial charge in [0.15, 0.2) is 0 Å². The zero-order chi connectivity index (χ0) is 18.0. The van der Waals surface area contributed by atoms with Crippen LogP contribution in [0.2, 0.25) is 0 Å². The van der Waals surface area contributed by atoms with Crippen molar-refractivity contribution in [3.63, 3.8) is 0 Å². The molecule has 132 valence electrons. The van der Waals surface area contributed by atoms with Gasteiger partial charge in [0.25, 0.3) is 5.91 Å². The second-order valence-electron chi connectivity index (χ2n) is 6.86. The van der Waals surface area contributed by atoms with E-state index in [1.165, 1.54) is 17.3 Å². The van der Waals surface area contributed by atoms with Gasteiger partial charge in [-0.3, -0.25) is 4.79 Å². The summed E-state index contributed by atoms with van der Waals surface area (Å²) in [6, 6.07) is 8.68. The fourth-order valence-corrected chi connectivity index (χ4v) is 3.42. The topological polar surface area (TPSA) is 75.3 Å². The van der Waals surface area contributed by atoms with Crippen molar-refractivity contribution in [1.82, 2.24) is 19.8 Å². The largest absolute Gasteiger partial charge is 0.368 e. The van der Waals surface area contributed by atoms with E-state index in [2.05, 4.69) is 53.2 Å². The number of rotatable bonds is 4. The highest BCUT2D eigenvalue weighted by Crippen LogP contribution is 2.33. The van der Waals surface area contributed by atoms with Crippen molar-refractivity contribution < 1.29 is 4.79 Å². The van der Waals surface area contributed by atoms with Gasteiger partial charge < -0.3 is 15.5 Å². The van der Waals surface area contributed by atoms with E-state index in [9.17, 15) is 4.79 Å². The average Bonchev–Trinajstić information content (AvgIpc) is 3.04. The third kappa shape index (κ3) is 3.79. The average molecular weight is 339 g/mol. The molecule has 0 bridgehead atoms. The van der Waals surface area contributed by atoms with Gasteiger partial charge in [0, 0.05) is 19.3 Å². The van der Waals surface area contributed by atoms with Crippen LogP contribution in [0.25, 0.3) is 0 Å². The second kappa shape index (κ2) is 7.19. The first-order chi connectivity index (χ1) is 12.0. The predicted octanol–water partition coefficient (Wildman–Crippen LogP) is 2.41. The molecular formula is C19H25N5O.